The minimum absolute atomic E-state index is 0.792. The number of likely N-dealkylation sites (N-methyl/N-ethyl adjacent to an activating group) is 2. The van der Waals surface area contributed by atoms with Crippen molar-refractivity contribution in [3.63, 3.8) is 0 Å². The molecule has 0 amide bonds. The maximum Gasteiger partial charge on any atom is 0.0220 e. The fourth-order valence-corrected chi connectivity index (χ4v) is 2.36. The Kier molecular flexibility index (Phi) is 7.01. The highest BCUT2D eigenvalue weighted by molar-refractivity contribution is 4.78. The first-order valence-electron chi connectivity index (χ1n) is 6.83. The van der Waals surface area contributed by atoms with E-state index >= 15 is 0 Å². The minimum Gasteiger partial charge on any atom is -0.315 e. The van der Waals surface area contributed by atoms with Crippen LogP contribution in [0.25, 0.3) is 0 Å². The van der Waals surface area contributed by atoms with Crippen molar-refractivity contribution in [1.82, 2.24) is 15.1 Å². The van der Waals surface area contributed by atoms with Gasteiger partial charge >= 0.3 is 0 Å². The van der Waals surface area contributed by atoms with Crippen molar-refractivity contribution in [2.75, 3.05) is 46.8 Å². The Hall–Kier alpha value is -0.120. The summed E-state index contributed by atoms with van der Waals surface area (Å²) in [6.45, 7) is 8.23. The van der Waals surface area contributed by atoms with E-state index in [2.05, 4.69) is 36.1 Å². The molecule has 1 rings (SSSR count). The molecular formula is C13H29N3. The summed E-state index contributed by atoms with van der Waals surface area (Å²) in [5.41, 5.74) is 0. The van der Waals surface area contributed by atoms with Gasteiger partial charge in [-0.1, -0.05) is 13.3 Å². The summed E-state index contributed by atoms with van der Waals surface area (Å²) < 4.78 is 0. The second-order valence-corrected chi connectivity index (χ2v) is 5.14. The predicted molar refractivity (Wildman–Crippen MR) is 70.9 cm³/mol. The summed E-state index contributed by atoms with van der Waals surface area (Å²) in [6.07, 6.45) is 5.35. The molecule has 0 spiro atoms. The van der Waals surface area contributed by atoms with E-state index in [1.807, 2.05) is 0 Å². The van der Waals surface area contributed by atoms with Gasteiger partial charge in [-0.25, -0.2) is 0 Å². The van der Waals surface area contributed by atoms with E-state index in [4.69, 9.17) is 0 Å². The van der Waals surface area contributed by atoms with Crippen molar-refractivity contribution in [3.8, 4) is 0 Å². The number of unbranched alkanes of at least 4 members (excludes halogenated alkanes) is 1. The van der Waals surface area contributed by atoms with Crippen LogP contribution in [0.4, 0.5) is 0 Å². The van der Waals surface area contributed by atoms with Gasteiger partial charge in [-0.2, -0.15) is 0 Å². The van der Waals surface area contributed by atoms with Gasteiger partial charge in [-0.15, -0.1) is 0 Å². The van der Waals surface area contributed by atoms with Gasteiger partial charge in [-0.3, -0.25) is 0 Å². The molecule has 0 aliphatic carbocycles. The molecular weight excluding hydrogens is 198 g/mol. The second kappa shape index (κ2) is 8.04. The van der Waals surface area contributed by atoms with Crippen molar-refractivity contribution < 1.29 is 0 Å². The quantitative estimate of drug-likeness (QED) is 0.632. The summed E-state index contributed by atoms with van der Waals surface area (Å²) >= 11 is 0. The summed E-state index contributed by atoms with van der Waals surface area (Å²) in [5.74, 6) is 0. The fraction of sp³-hybridized carbons (Fsp3) is 1.00. The van der Waals surface area contributed by atoms with Gasteiger partial charge in [0.25, 0.3) is 0 Å². The Morgan fingerprint density at radius 2 is 2.19 bits per heavy atom. The standard InChI is InChI=1S/C13H29N3/c1-4-5-8-14-9-11-15(2)12-13-7-6-10-16(13)3/h13-14H,4-12H2,1-3H3. The van der Waals surface area contributed by atoms with E-state index < -0.39 is 0 Å². The van der Waals surface area contributed by atoms with Crippen LogP contribution in [0.3, 0.4) is 0 Å². The maximum atomic E-state index is 3.50. The Balaban J connectivity index is 1.99. The maximum absolute atomic E-state index is 3.50. The molecule has 1 aliphatic rings. The number of rotatable bonds is 8. The van der Waals surface area contributed by atoms with E-state index in [-0.39, 0.29) is 0 Å². The van der Waals surface area contributed by atoms with Gasteiger partial charge in [0.1, 0.15) is 0 Å². The topological polar surface area (TPSA) is 18.5 Å². The van der Waals surface area contributed by atoms with E-state index in [1.165, 1.54) is 51.9 Å². The van der Waals surface area contributed by atoms with Crippen LogP contribution in [0, 0.1) is 0 Å². The molecule has 0 aromatic carbocycles. The fourth-order valence-electron chi connectivity index (χ4n) is 2.36. The van der Waals surface area contributed by atoms with Crippen LogP contribution >= 0.6 is 0 Å². The zero-order valence-electron chi connectivity index (χ0n) is 11.3. The van der Waals surface area contributed by atoms with Gasteiger partial charge in [-0.05, 0) is 46.4 Å². The lowest BCUT2D eigenvalue weighted by Crippen LogP contribution is -2.39. The molecule has 0 bridgehead atoms. The highest BCUT2D eigenvalue weighted by atomic mass is 15.2. The van der Waals surface area contributed by atoms with Gasteiger partial charge < -0.3 is 15.1 Å². The molecule has 1 N–H and O–H groups in total. The van der Waals surface area contributed by atoms with Crippen LogP contribution in [0.2, 0.25) is 0 Å². The number of hydrogen-bond acceptors (Lipinski definition) is 3. The first-order chi connectivity index (χ1) is 7.74. The molecule has 1 unspecified atom stereocenters. The van der Waals surface area contributed by atoms with Gasteiger partial charge in [0.15, 0.2) is 0 Å². The van der Waals surface area contributed by atoms with Crippen LogP contribution < -0.4 is 5.32 Å². The highest BCUT2D eigenvalue weighted by Gasteiger charge is 2.21. The molecule has 1 heterocycles. The zero-order chi connectivity index (χ0) is 11.8. The van der Waals surface area contributed by atoms with Crippen molar-refractivity contribution >= 4 is 0 Å². The Morgan fingerprint density at radius 3 is 2.81 bits per heavy atom. The molecule has 3 heteroatoms. The van der Waals surface area contributed by atoms with Gasteiger partial charge in [0.05, 0.1) is 0 Å². The van der Waals surface area contributed by atoms with E-state index in [0.29, 0.717) is 0 Å². The highest BCUT2D eigenvalue weighted by Crippen LogP contribution is 2.14. The normalized spacial score (nSPS) is 22.1. The summed E-state index contributed by atoms with van der Waals surface area (Å²) in [4.78, 5) is 4.96. The Labute approximate surface area is 101 Å². The minimum atomic E-state index is 0.792. The molecule has 1 aliphatic heterocycles. The second-order valence-electron chi connectivity index (χ2n) is 5.14. The smallest absolute Gasteiger partial charge is 0.0220 e. The van der Waals surface area contributed by atoms with Crippen LogP contribution in [0.1, 0.15) is 32.6 Å². The lowest BCUT2D eigenvalue weighted by Gasteiger charge is -2.25. The van der Waals surface area contributed by atoms with Gasteiger partial charge in [0, 0.05) is 25.7 Å². The monoisotopic (exact) mass is 227 g/mol. The Morgan fingerprint density at radius 1 is 1.38 bits per heavy atom. The van der Waals surface area contributed by atoms with Crippen molar-refractivity contribution in [1.29, 1.82) is 0 Å². The molecule has 1 fully saturated rings. The van der Waals surface area contributed by atoms with Gasteiger partial charge in [0.2, 0.25) is 0 Å². The zero-order valence-corrected chi connectivity index (χ0v) is 11.3. The van der Waals surface area contributed by atoms with Crippen LogP contribution in [0.5, 0.6) is 0 Å². The molecule has 0 saturated carbocycles. The third-order valence-corrected chi connectivity index (χ3v) is 3.57. The third-order valence-electron chi connectivity index (χ3n) is 3.57. The van der Waals surface area contributed by atoms with Crippen molar-refractivity contribution in [3.05, 3.63) is 0 Å². The van der Waals surface area contributed by atoms with E-state index in [1.54, 1.807) is 0 Å². The SMILES string of the molecule is CCCCNCCN(C)CC1CCCN1C. The largest absolute Gasteiger partial charge is 0.315 e. The van der Waals surface area contributed by atoms with E-state index in [9.17, 15) is 0 Å². The lowest BCUT2D eigenvalue weighted by molar-refractivity contribution is 0.220. The lowest BCUT2D eigenvalue weighted by atomic mass is 10.2. The number of hydrogen-bond donors (Lipinski definition) is 1. The predicted octanol–water partition coefficient (Wildman–Crippen LogP) is 1.40. The number of nitrogens with one attached hydrogen (secondary N) is 1. The number of likely N-dealkylation sites (tertiary alicyclic amines) is 1. The first-order valence-corrected chi connectivity index (χ1v) is 6.83. The third kappa shape index (κ3) is 5.28. The first kappa shape index (κ1) is 13.9. The average molecular weight is 227 g/mol. The van der Waals surface area contributed by atoms with E-state index in [0.717, 1.165) is 12.6 Å². The van der Waals surface area contributed by atoms with Crippen molar-refractivity contribution in [2.24, 2.45) is 0 Å². The van der Waals surface area contributed by atoms with Crippen LogP contribution in [0.15, 0.2) is 0 Å². The molecule has 96 valence electrons. The molecule has 3 nitrogen and oxygen atoms in total. The molecule has 0 aromatic rings. The summed E-state index contributed by atoms with van der Waals surface area (Å²) in [6, 6.07) is 0.792. The van der Waals surface area contributed by atoms with Crippen LogP contribution in [-0.4, -0.2) is 62.7 Å². The summed E-state index contributed by atoms with van der Waals surface area (Å²) in [7, 11) is 4.50. The average Bonchev–Trinajstić information content (AvgIpc) is 2.64. The molecule has 0 aromatic heterocycles. The molecule has 16 heavy (non-hydrogen) atoms. The number of nitrogens with zero attached hydrogens (tertiary/aromatic N) is 2. The molecule has 0 radical (unpaired) electrons. The Bertz CT molecular complexity index is 173. The van der Waals surface area contributed by atoms with Crippen molar-refractivity contribution in [2.45, 2.75) is 38.6 Å². The molecule has 1 saturated heterocycles. The molecule has 1 atom stereocenters. The summed E-state index contributed by atoms with van der Waals surface area (Å²) in [5, 5.41) is 3.50. The van der Waals surface area contributed by atoms with Crippen LogP contribution in [-0.2, 0) is 0 Å².